The molecule has 8 nitrogen and oxygen atoms in total. The van der Waals surface area contributed by atoms with Crippen LogP contribution < -0.4 is 14.8 Å². The number of aliphatic hydroxyl groups excluding tert-OH is 1. The molecule has 2 N–H and O–H groups in total. The molecule has 2 saturated heterocycles. The monoisotopic (exact) mass is 405 g/mol. The van der Waals surface area contributed by atoms with Crippen molar-refractivity contribution < 1.29 is 24.2 Å². The fourth-order valence-electron chi connectivity index (χ4n) is 4.02. The van der Waals surface area contributed by atoms with Crippen molar-refractivity contribution in [2.24, 2.45) is 5.92 Å². The Hall–Kier alpha value is -2.32. The van der Waals surface area contributed by atoms with Crippen molar-refractivity contribution >= 4 is 11.8 Å². The SMILES string of the molecule is COc1cc(CN2CCNC(=O)[C@H]2CC(=O)N2CCC(CO)CC2)cc(OC)c1. The van der Waals surface area contributed by atoms with E-state index in [4.69, 9.17) is 9.47 Å². The number of nitrogens with one attached hydrogen (secondary N) is 1. The number of rotatable bonds is 7. The van der Waals surface area contributed by atoms with Gasteiger partial charge in [-0.1, -0.05) is 0 Å². The van der Waals surface area contributed by atoms with E-state index < -0.39 is 6.04 Å². The van der Waals surface area contributed by atoms with Gasteiger partial charge in [0.15, 0.2) is 0 Å². The number of carbonyl (C=O) groups is 2. The first-order valence-electron chi connectivity index (χ1n) is 10.2. The van der Waals surface area contributed by atoms with Crippen LogP contribution in [0.15, 0.2) is 18.2 Å². The Morgan fingerprint density at radius 1 is 1.14 bits per heavy atom. The first-order valence-corrected chi connectivity index (χ1v) is 10.2. The number of carbonyl (C=O) groups excluding carboxylic acids is 2. The number of piperazine rings is 1. The van der Waals surface area contributed by atoms with Crippen molar-refractivity contribution in [2.45, 2.75) is 31.8 Å². The first-order chi connectivity index (χ1) is 14.0. The maximum absolute atomic E-state index is 12.8. The molecule has 8 heteroatoms. The van der Waals surface area contributed by atoms with Crippen LogP contribution >= 0.6 is 0 Å². The number of ether oxygens (including phenoxy) is 2. The summed E-state index contributed by atoms with van der Waals surface area (Å²) >= 11 is 0. The number of benzene rings is 1. The summed E-state index contributed by atoms with van der Waals surface area (Å²) in [5.74, 6) is 1.55. The van der Waals surface area contributed by atoms with Crippen molar-refractivity contribution in [2.75, 3.05) is 47.0 Å². The molecule has 1 aromatic rings. The Balaban J connectivity index is 1.68. The van der Waals surface area contributed by atoms with Crippen molar-refractivity contribution in [3.63, 3.8) is 0 Å². The number of hydrogen-bond acceptors (Lipinski definition) is 6. The maximum atomic E-state index is 12.8. The van der Waals surface area contributed by atoms with E-state index in [-0.39, 0.29) is 30.8 Å². The lowest BCUT2D eigenvalue weighted by Gasteiger charge is -2.37. The van der Waals surface area contributed by atoms with Gasteiger partial charge in [-0.05, 0) is 36.5 Å². The molecule has 160 valence electrons. The summed E-state index contributed by atoms with van der Waals surface area (Å²) in [6, 6.07) is 5.16. The third-order valence-corrected chi connectivity index (χ3v) is 5.83. The molecule has 2 aliphatic rings. The Morgan fingerprint density at radius 3 is 2.38 bits per heavy atom. The maximum Gasteiger partial charge on any atom is 0.237 e. The van der Waals surface area contributed by atoms with E-state index in [1.165, 1.54) is 0 Å². The lowest BCUT2D eigenvalue weighted by molar-refractivity contribution is -0.140. The smallest absolute Gasteiger partial charge is 0.237 e. The normalized spacial score (nSPS) is 21.0. The lowest BCUT2D eigenvalue weighted by atomic mass is 9.97. The van der Waals surface area contributed by atoms with Gasteiger partial charge >= 0.3 is 0 Å². The Labute approximate surface area is 171 Å². The van der Waals surface area contributed by atoms with E-state index in [2.05, 4.69) is 5.32 Å². The fraction of sp³-hybridized carbons (Fsp3) is 0.619. The molecule has 3 rings (SSSR count). The Morgan fingerprint density at radius 2 is 1.79 bits per heavy atom. The van der Waals surface area contributed by atoms with E-state index >= 15 is 0 Å². The average molecular weight is 405 g/mol. The molecule has 0 radical (unpaired) electrons. The molecule has 0 aromatic heterocycles. The molecule has 29 heavy (non-hydrogen) atoms. The molecule has 2 amide bonds. The van der Waals surface area contributed by atoms with Gasteiger partial charge in [0.1, 0.15) is 11.5 Å². The summed E-state index contributed by atoms with van der Waals surface area (Å²) in [5, 5.41) is 12.2. The molecule has 0 saturated carbocycles. The molecular formula is C21H31N3O5. The molecule has 2 heterocycles. The summed E-state index contributed by atoms with van der Waals surface area (Å²) < 4.78 is 10.7. The zero-order valence-electron chi connectivity index (χ0n) is 17.2. The number of nitrogens with zero attached hydrogens (tertiary/aromatic N) is 2. The van der Waals surface area contributed by atoms with Crippen molar-refractivity contribution in [3.05, 3.63) is 23.8 Å². The zero-order valence-corrected chi connectivity index (χ0v) is 17.2. The van der Waals surface area contributed by atoms with Gasteiger partial charge < -0.3 is 24.8 Å². The fourth-order valence-corrected chi connectivity index (χ4v) is 4.02. The number of amides is 2. The topological polar surface area (TPSA) is 91.3 Å². The Kier molecular flexibility index (Phi) is 7.33. The quantitative estimate of drug-likeness (QED) is 0.691. The molecule has 2 aliphatic heterocycles. The molecule has 0 aliphatic carbocycles. The van der Waals surface area contributed by atoms with Gasteiger partial charge in [-0.25, -0.2) is 0 Å². The second-order valence-corrected chi connectivity index (χ2v) is 7.71. The second-order valence-electron chi connectivity index (χ2n) is 7.71. The van der Waals surface area contributed by atoms with E-state index in [0.29, 0.717) is 44.2 Å². The molecule has 0 spiro atoms. The van der Waals surface area contributed by atoms with E-state index in [9.17, 15) is 14.7 Å². The Bertz CT molecular complexity index is 696. The largest absolute Gasteiger partial charge is 0.497 e. The summed E-state index contributed by atoms with van der Waals surface area (Å²) in [6.45, 7) is 3.23. The standard InChI is InChI=1S/C21H31N3O5/c1-28-17-9-16(10-18(11-17)29-2)13-24-8-5-22-21(27)19(24)12-20(26)23-6-3-15(14-25)4-7-23/h9-11,15,19,25H,3-8,12-14H2,1-2H3,(H,22,27)/t19-/m1/s1. The molecule has 2 fully saturated rings. The van der Waals surface area contributed by atoms with Crippen LogP contribution in [0.2, 0.25) is 0 Å². The van der Waals surface area contributed by atoms with Crippen LogP contribution in [0.4, 0.5) is 0 Å². The molecular weight excluding hydrogens is 374 g/mol. The highest BCUT2D eigenvalue weighted by atomic mass is 16.5. The number of likely N-dealkylation sites (tertiary alicyclic amines) is 1. The molecule has 0 bridgehead atoms. The van der Waals surface area contributed by atoms with Crippen LogP contribution in [0.3, 0.4) is 0 Å². The van der Waals surface area contributed by atoms with E-state index in [1.54, 1.807) is 14.2 Å². The van der Waals surface area contributed by atoms with Gasteiger partial charge in [-0.2, -0.15) is 0 Å². The number of aliphatic hydroxyl groups is 1. The highest BCUT2D eigenvalue weighted by Gasteiger charge is 2.34. The summed E-state index contributed by atoms with van der Waals surface area (Å²) in [4.78, 5) is 29.2. The number of methoxy groups -OCH3 is 2. The van der Waals surface area contributed by atoms with Crippen molar-refractivity contribution in [1.82, 2.24) is 15.1 Å². The van der Waals surface area contributed by atoms with Gasteiger partial charge in [-0.15, -0.1) is 0 Å². The third kappa shape index (κ3) is 5.39. The zero-order chi connectivity index (χ0) is 20.8. The minimum Gasteiger partial charge on any atom is -0.497 e. The predicted octanol–water partition coefficient (Wildman–Crippen LogP) is 0.625. The number of piperidine rings is 1. The highest BCUT2D eigenvalue weighted by Crippen LogP contribution is 2.25. The van der Waals surface area contributed by atoms with Crippen LogP contribution in [0.25, 0.3) is 0 Å². The third-order valence-electron chi connectivity index (χ3n) is 5.83. The van der Waals surface area contributed by atoms with Gasteiger partial charge in [0.05, 0.1) is 26.7 Å². The summed E-state index contributed by atoms with van der Waals surface area (Å²) in [5.41, 5.74) is 0.970. The van der Waals surface area contributed by atoms with Gasteiger partial charge in [0, 0.05) is 45.4 Å². The van der Waals surface area contributed by atoms with Crippen LogP contribution in [0.1, 0.15) is 24.8 Å². The lowest BCUT2D eigenvalue weighted by Crippen LogP contribution is -2.56. The highest BCUT2D eigenvalue weighted by molar-refractivity contribution is 5.88. The molecule has 0 unspecified atom stereocenters. The average Bonchev–Trinajstić information content (AvgIpc) is 2.75. The minimum absolute atomic E-state index is 0.00309. The van der Waals surface area contributed by atoms with E-state index in [1.807, 2.05) is 28.0 Å². The molecule has 1 aromatic carbocycles. The molecule has 1 atom stereocenters. The van der Waals surface area contributed by atoms with Crippen LogP contribution in [-0.2, 0) is 16.1 Å². The second kappa shape index (κ2) is 9.93. The van der Waals surface area contributed by atoms with Crippen molar-refractivity contribution in [1.29, 1.82) is 0 Å². The van der Waals surface area contributed by atoms with Gasteiger partial charge in [-0.3, -0.25) is 14.5 Å². The van der Waals surface area contributed by atoms with Crippen LogP contribution in [0.5, 0.6) is 11.5 Å². The predicted molar refractivity (Wildman–Crippen MR) is 108 cm³/mol. The summed E-state index contributed by atoms with van der Waals surface area (Å²) in [6.07, 6.45) is 1.79. The van der Waals surface area contributed by atoms with Gasteiger partial charge in [0.2, 0.25) is 11.8 Å². The van der Waals surface area contributed by atoms with Crippen molar-refractivity contribution in [3.8, 4) is 11.5 Å². The van der Waals surface area contributed by atoms with Gasteiger partial charge in [0.25, 0.3) is 0 Å². The van der Waals surface area contributed by atoms with E-state index in [0.717, 1.165) is 18.4 Å². The van der Waals surface area contributed by atoms with Crippen LogP contribution in [-0.4, -0.2) is 79.8 Å². The summed E-state index contributed by atoms with van der Waals surface area (Å²) in [7, 11) is 3.21. The van der Waals surface area contributed by atoms with Crippen LogP contribution in [0, 0.1) is 5.92 Å². The first kappa shape index (κ1) is 21.4. The minimum atomic E-state index is -0.496. The number of hydrogen-bond donors (Lipinski definition) is 2.